The molecule has 2 aromatic heterocycles. The average Bonchev–Trinajstić information content (AvgIpc) is 3.06. The van der Waals surface area contributed by atoms with Crippen LogP contribution < -0.4 is 10.9 Å². The Hall–Kier alpha value is -3.38. The first-order chi connectivity index (χ1) is 14.8. The molecule has 6 nitrogen and oxygen atoms in total. The van der Waals surface area contributed by atoms with E-state index in [1.165, 1.54) is 4.57 Å². The van der Waals surface area contributed by atoms with Crippen LogP contribution in [-0.2, 0) is 11.3 Å². The highest BCUT2D eigenvalue weighted by Crippen LogP contribution is 2.28. The lowest BCUT2D eigenvalue weighted by Gasteiger charge is -2.14. The number of carbonyl (C=O) groups is 1. The highest BCUT2D eigenvalue weighted by Gasteiger charge is 2.20. The molecule has 0 saturated carbocycles. The summed E-state index contributed by atoms with van der Waals surface area (Å²) in [5.74, 6) is -0.288. The highest BCUT2D eigenvalue weighted by atomic mass is 35.5. The molecule has 0 fully saturated rings. The maximum absolute atomic E-state index is 12.9. The van der Waals surface area contributed by atoms with E-state index < -0.39 is 0 Å². The molecule has 0 aliphatic heterocycles. The molecule has 1 amide bonds. The van der Waals surface area contributed by atoms with Gasteiger partial charge in [-0.1, -0.05) is 35.4 Å². The molecule has 7 heteroatoms. The number of benzene rings is 2. The third kappa shape index (κ3) is 3.86. The number of hydrogen-bond donors (Lipinski definition) is 1. The zero-order chi connectivity index (χ0) is 22.3. The molecule has 158 valence electrons. The Bertz CT molecular complexity index is 1370. The normalized spacial score (nSPS) is 11.1. The smallest absolute Gasteiger partial charge is 0.252 e. The number of rotatable bonds is 4. The Balaban J connectivity index is 1.85. The maximum atomic E-state index is 12.9. The Labute approximate surface area is 185 Å². The molecule has 4 rings (SSSR count). The van der Waals surface area contributed by atoms with Crippen molar-refractivity contribution in [1.29, 1.82) is 0 Å². The number of amides is 1. The van der Waals surface area contributed by atoms with Crippen LogP contribution in [0.25, 0.3) is 16.7 Å². The van der Waals surface area contributed by atoms with E-state index in [1.807, 2.05) is 70.2 Å². The van der Waals surface area contributed by atoms with Crippen LogP contribution >= 0.6 is 11.6 Å². The first-order valence-corrected chi connectivity index (χ1v) is 10.4. The number of nitrogens with zero attached hydrogens (tertiary/aromatic N) is 3. The number of hydrogen-bond acceptors (Lipinski definition) is 3. The van der Waals surface area contributed by atoms with Crippen LogP contribution in [0.1, 0.15) is 22.4 Å². The minimum atomic E-state index is -0.288. The summed E-state index contributed by atoms with van der Waals surface area (Å²) in [5.41, 5.74) is 5.31. The van der Waals surface area contributed by atoms with Gasteiger partial charge in [0.25, 0.3) is 5.56 Å². The van der Waals surface area contributed by atoms with E-state index in [2.05, 4.69) is 5.32 Å². The Morgan fingerprint density at radius 2 is 1.77 bits per heavy atom. The van der Waals surface area contributed by atoms with Crippen molar-refractivity contribution in [1.82, 2.24) is 14.3 Å². The summed E-state index contributed by atoms with van der Waals surface area (Å²) in [5, 5.41) is 9.01. The summed E-state index contributed by atoms with van der Waals surface area (Å²) in [6.07, 6.45) is 0. The average molecular weight is 435 g/mol. The molecule has 0 radical (unpaired) electrons. The molecule has 0 unspecified atom stereocenters. The molecule has 0 spiro atoms. The molecule has 2 heterocycles. The minimum Gasteiger partial charge on any atom is -0.325 e. The van der Waals surface area contributed by atoms with Crippen LogP contribution in [0.2, 0.25) is 5.02 Å². The van der Waals surface area contributed by atoms with E-state index >= 15 is 0 Å². The topological polar surface area (TPSA) is 68.9 Å². The predicted molar refractivity (Wildman–Crippen MR) is 124 cm³/mol. The standard InChI is InChI=1S/C24H23ClN4O2/c1-14-8-10-18(11-9-14)26-21(30)13-28-22(31)12-15(2)23-17(4)27-29(24(23)28)20-7-5-6-19(25)16(20)3/h5-12H,13H2,1-4H3,(H,26,30). The van der Waals surface area contributed by atoms with Crippen molar-refractivity contribution in [2.75, 3.05) is 5.32 Å². The number of nitrogens with one attached hydrogen (secondary N) is 1. The summed E-state index contributed by atoms with van der Waals surface area (Å²) >= 11 is 6.34. The SMILES string of the molecule is Cc1ccc(NC(=O)Cn2c(=O)cc(C)c3c(C)nn(-c4cccc(Cl)c4C)c32)cc1. The quantitative estimate of drug-likeness (QED) is 0.505. The number of fused-ring (bicyclic) bond motifs is 1. The van der Waals surface area contributed by atoms with Gasteiger partial charge in [-0.2, -0.15) is 5.10 Å². The van der Waals surface area contributed by atoms with Gasteiger partial charge < -0.3 is 5.32 Å². The number of aromatic nitrogens is 3. The van der Waals surface area contributed by atoms with Crippen LogP contribution in [-0.4, -0.2) is 20.3 Å². The lowest BCUT2D eigenvalue weighted by Crippen LogP contribution is -2.29. The van der Waals surface area contributed by atoms with Crippen molar-refractivity contribution in [2.24, 2.45) is 0 Å². The molecule has 0 aliphatic rings. The van der Waals surface area contributed by atoms with Gasteiger partial charge in [-0.05, 0) is 63.1 Å². The van der Waals surface area contributed by atoms with E-state index in [1.54, 1.807) is 10.7 Å². The van der Waals surface area contributed by atoms with Crippen LogP contribution in [0.15, 0.2) is 53.3 Å². The Morgan fingerprint density at radius 1 is 1.06 bits per heavy atom. The van der Waals surface area contributed by atoms with Crippen LogP contribution in [0.5, 0.6) is 0 Å². The molecule has 1 N–H and O–H groups in total. The van der Waals surface area contributed by atoms with E-state index in [4.69, 9.17) is 16.7 Å². The molecule has 0 atom stereocenters. The van der Waals surface area contributed by atoms with Crippen molar-refractivity contribution in [3.05, 3.63) is 86.3 Å². The molecule has 4 aromatic rings. The van der Waals surface area contributed by atoms with Crippen molar-refractivity contribution < 1.29 is 4.79 Å². The van der Waals surface area contributed by atoms with Crippen molar-refractivity contribution in [3.63, 3.8) is 0 Å². The summed E-state index contributed by atoms with van der Waals surface area (Å²) in [7, 11) is 0. The Morgan fingerprint density at radius 3 is 2.48 bits per heavy atom. The van der Waals surface area contributed by atoms with Gasteiger partial charge >= 0.3 is 0 Å². The van der Waals surface area contributed by atoms with E-state index in [9.17, 15) is 9.59 Å². The molecule has 0 bridgehead atoms. The fourth-order valence-corrected chi connectivity index (χ4v) is 3.96. The summed E-state index contributed by atoms with van der Waals surface area (Å²) in [6, 6.07) is 14.6. The van der Waals surface area contributed by atoms with E-state index in [0.29, 0.717) is 16.4 Å². The molecule has 0 saturated heterocycles. The highest BCUT2D eigenvalue weighted by molar-refractivity contribution is 6.31. The fraction of sp³-hybridized carbons (Fsp3) is 0.208. The number of halogens is 1. The van der Waals surface area contributed by atoms with Gasteiger partial charge in [-0.15, -0.1) is 0 Å². The van der Waals surface area contributed by atoms with E-state index in [0.717, 1.165) is 33.5 Å². The first-order valence-electron chi connectivity index (χ1n) is 9.98. The molecular formula is C24H23ClN4O2. The zero-order valence-corrected chi connectivity index (χ0v) is 18.6. The summed E-state index contributed by atoms with van der Waals surface area (Å²) < 4.78 is 3.17. The number of pyridine rings is 1. The first kappa shape index (κ1) is 20.9. The lowest BCUT2D eigenvalue weighted by atomic mass is 10.1. The van der Waals surface area contributed by atoms with Crippen LogP contribution in [0.4, 0.5) is 5.69 Å². The predicted octanol–water partition coefficient (Wildman–Crippen LogP) is 4.71. The van der Waals surface area contributed by atoms with Crippen LogP contribution in [0, 0.1) is 27.7 Å². The number of anilines is 1. The van der Waals surface area contributed by atoms with Gasteiger partial charge in [0.1, 0.15) is 12.2 Å². The van der Waals surface area contributed by atoms with Crippen molar-refractivity contribution in [2.45, 2.75) is 34.2 Å². The monoisotopic (exact) mass is 434 g/mol. The van der Waals surface area contributed by atoms with Gasteiger partial charge in [0.15, 0.2) is 0 Å². The van der Waals surface area contributed by atoms with E-state index in [-0.39, 0.29) is 18.0 Å². The van der Waals surface area contributed by atoms with Gasteiger partial charge in [0.2, 0.25) is 5.91 Å². The molecule has 2 aromatic carbocycles. The fourth-order valence-electron chi connectivity index (χ4n) is 3.79. The second kappa shape index (κ2) is 8.04. The third-order valence-corrected chi connectivity index (χ3v) is 5.81. The number of aryl methyl sites for hydroxylation is 3. The largest absolute Gasteiger partial charge is 0.325 e. The lowest BCUT2D eigenvalue weighted by molar-refractivity contribution is -0.116. The molecular weight excluding hydrogens is 412 g/mol. The van der Waals surface area contributed by atoms with Gasteiger partial charge in [-0.25, -0.2) is 4.68 Å². The Kier molecular flexibility index (Phi) is 5.41. The van der Waals surface area contributed by atoms with Gasteiger partial charge in [0, 0.05) is 22.2 Å². The zero-order valence-electron chi connectivity index (χ0n) is 17.9. The van der Waals surface area contributed by atoms with Crippen molar-refractivity contribution >= 4 is 34.2 Å². The second-order valence-electron chi connectivity index (χ2n) is 7.75. The van der Waals surface area contributed by atoms with Crippen molar-refractivity contribution in [3.8, 4) is 5.69 Å². The van der Waals surface area contributed by atoms with Crippen LogP contribution in [0.3, 0.4) is 0 Å². The van der Waals surface area contributed by atoms with Gasteiger partial charge in [0.05, 0.1) is 11.4 Å². The van der Waals surface area contributed by atoms with Gasteiger partial charge in [-0.3, -0.25) is 14.2 Å². The minimum absolute atomic E-state index is 0.131. The molecule has 0 aliphatic carbocycles. The summed E-state index contributed by atoms with van der Waals surface area (Å²) in [6.45, 7) is 7.53. The third-order valence-electron chi connectivity index (χ3n) is 5.40. The molecule has 31 heavy (non-hydrogen) atoms. The second-order valence-corrected chi connectivity index (χ2v) is 8.15. The maximum Gasteiger partial charge on any atom is 0.252 e. The summed E-state index contributed by atoms with van der Waals surface area (Å²) in [4.78, 5) is 25.7. The number of carbonyl (C=O) groups excluding carboxylic acids is 1.